The quantitative estimate of drug-likeness (QED) is 0.500. The van der Waals surface area contributed by atoms with Gasteiger partial charge in [0.05, 0.1) is 18.6 Å². The molecule has 3 rings (SSSR count). The summed E-state index contributed by atoms with van der Waals surface area (Å²) in [6, 6.07) is 3.37. The molecule has 2 aliphatic rings. The number of fused-ring (bicyclic) bond motifs is 1. The van der Waals surface area contributed by atoms with Crippen LogP contribution < -0.4 is 10.2 Å². The van der Waals surface area contributed by atoms with Crippen molar-refractivity contribution in [2.75, 3.05) is 56.6 Å². The van der Waals surface area contributed by atoms with E-state index in [4.69, 9.17) is 0 Å². The van der Waals surface area contributed by atoms with E-state index in [2.05, 4.69) is 15.0 Å². The summed E-state index contributed by atoms with van der Waals surface area (Å²) in [5.41, 5.74) is 2.91. The molecule has 2 aliphatic heterocycles. The summed E-state index contributed by atoms with van der Waals surface area (Å²) >= 11 is 0. The summed E-state index contributed by atoms with van der Waals surface area (Å²) in [6.45, 7) is 3.77. The first kappa shape index (κ1) is 15.5. The number of nitro groups is 1. The lowest BCUT2D eigenvalue weighted by atomic mass is 10.1. The van der Waals surface area contributed by atoms with Crippen molar-refractivity contribution < 1.29 is 14.5 Å². The van der Waals surface area contributed by atoms with E-state index >= 15 is 0 Å². The van der Waals surface area contributed by atoms with Gasteiger partial charge in [-0.1, -0.05) is 0 Å². The van der Waals surface area contributed by atoms with Crippen LogP contribution in [0.5, 0.6) is 0 Å². The van der Waals surface area contributed by atoms with Gasteiger partial charge in [-0.3, -0.25) is 19.8 Å². The summed E-state index contributed by atoms with van der Waals surface area (Å²) in [5.74, 6) is -0.255. The Hall–Kier alpha value is -2.35. The van der Waals surface area contributed by atoms with Crippen molar-refractivity contribution in [2.24, 2.45) is 0 Å². The molecule has 1 aromatic rings. The summed E-state index contributed by atoms with van der Waals surface area (Å²) in [4.78, 5) is 26.5. The molecule has 1 aromatic carbocycles. The molecular weight excluding hydrogens is 300 g/mol. The van der Waals surface area contributed by atoms with Gasteiger partial charge in [0, 0.05) is 50.0 Å². The molecule has 2 heterocycles. The number of methoxy groups -OCH3 is 1. The second-order valence-corrected chi connectivity index (χ2v) is 5.73. The smallest absolute Gasteiger partial charge is 0.319 e. The minimum Gasteiger partial charge on any atom is -0.468 e. The highest BCUT2D eigenvalue weighted by atomic mass is 16.6. The maximum absolute atomic E-state index is 11.4. The third-order valence-corrected chi connectivity index (χ3v) is 4.42. The standard InChI is InChI=1S/C15H20N4O4/c1-23-14(20)10-17-6-8-18(9-7-17)15-11-4-5-16-12(11)2-3-13(15)19(21)22/h2-3,16H,4-10H2,1H3. The van der Waals surface area contributed by atoms with Gasteiger partial charge in [-0.15, -0.1) is 0 Å². The number of carbonyl (C=O) groups is 1. The van der Waals surface area contributed by atoms with Crippen LogP contribution in [-0.2, 0) is 16.0 Å². The number of rotatable bonds is 4. The van der Waals surface area contributed by atoms with Crippen molar-refractivity contribution in [3.8, 4) is 0 Å². The van der Waals surface area contributed by atoms with Gasteiger partial charge in [0.2, 0.25) is 0 Å². The Morgan fingerprint density at radius 2 is 2.09 bits per heavy atom. The first-order valence-electron chi connectivity index (χ1n) is 7.68. The molecule has 1 N–H and O–H groups in total. The van der Waals surface area contributed by atoms with Crippen molar-refractivity contribution in [1.82, 2.24) is 4.90 Å². The van der Waals surface area contributed by atoms with Gasteiger partial charge in [-0.2, -0.15) is 0 Å². The molecule has 0 aliphatic carbocycles. The molecule has 124 valence electrons. The predicted octanol–water partition coefficient (Wildman–Crippen LogP) is 0.858. The van der Waals surface area contributed by atoms with Crippen LogP contribution in [0.4, 0.5) is 17.1 Å². The lowest BCUT2D eigenvalue weighted by molar-refractivity contribution is -0.384. The third kappa shape index (κ3) is 3.07. The molecule has 0 saturated carbocycles. The second kappa shape index (κ2) is 6.41. The van der Waals surface area contributed by atoms with Gasteiger partial charge in [-0.25, -0.2) is 0 Å². The van der Waals surface area contributed by atoms with Gasteiger partial charge in [0.15, 0.2) is 0 Å². The van der Waals surface area contributed by atoms with Crippen LogP contribution in [0, 0.1) is 10.1 Å². The molecule has 0 atom stereocenters. The fraction of sp³-hybridized carbons (Fsp3) is 0.533. The number of esters is 1. The van der Waals surface area contributed by atoms with E-state index in [1.807, 2.05) is 4.90 Å². The van der Waals surface area contributed by atoms with Crippen LogP contribution in [0.3, 0.4) is 0 Å². The Labute approximate surface area is 134 Å². The first-order valence-corrected chi connectivity index (χ1v) is 7.68. The molecule has 0 amide bonds. The number of benzene rings is 1. The number of nitrogens with one attached hydrogen (secondary N) is 1. The first-order chi connectivity index (χ1) is 11.1. The number of nitrogens with zero attached hydrogens (tertiary/aromatic N) is 3. The zero-order valence-corrected chi connectivity index (χ0v) is 13.1. The fourth-order valence-electron chi connectivity index (χ4n) is 3.24. The topological polar surface area (TPSA) is 88.0 Å². The number of ether oxygens (including phenoxy) is 1. The lowest BCUT2D eigenvalue weighted by Crippen LogP contribution is -2.48. The highest BCUT2D eigenvalue weighted by Gasteiger charge is 2.30. The summed E-state index contributed by atoms with van der Waals surface area (Å²) < 4.78 is 4.68. The Kier molecular flexibility index (Phi) is 4.33. The van der Waals surface area contributed by atoms with Gasteiger partial charge in [0.1, 0.15) is 5.69 Å². The van der Waals surface area contributed by atoms with Gasteiger partial charge in [-0.05, 0) is 12.5 Å². The molecule has 1 fully saturated rings. The average Bonchev–Trinajstić information content (AvgIpc) is 3.03. The number of hydrogen-bond acceptors (Lipinski definition) is 7. The van der Waals surface area contributed by atoms with E-state index in [1.165, 1.54) is 7.11 Å². The molecule has 8 heteroatoms. The van der Waals surface area contributed by atoms with Crippen LogP contribution in [0.15, 0.2) is 12.1 Å². The fourth-order valence-corrected chi connectivity index (χ4v) is 3.24. The van der Waals surface area contributed by atoms with Crippen molar-refractivity contribution >= 4 is 23.0 Å². The molecule has 8 nitrogen and oxygen atoms in total. The predicted molar refractivity (Wildman–Crippen MR) is 86.0 cm³/mol. The highest BCUT2D eigenvalue weighted by Crippen LogP contribution is 2.39. The maximum Gasteiger partial charge on any atom is 0.319 e. The SMILES string of the molecule is COC(=O)CN1CCN(c2c([N+](=O)[O-])ccc3c2CCN3)CC1. The van der Waals surface area contributed by atoms with E-state index in [1.54, 1.807) is 12.1 Å². The molecule has 0 spiro atoms. The van der Waals surface area contributed by atoms with Crippen LogP contribution >= 0.6 is 0 Å². The molecular formula is C15H20N4O4. The van der Waals surface area contributed by atoms with Crippen molar-refractivity contribution in [2.45, 2.75) is 6.42 Å². The Morgan fingerprint density at radius 3 is 2.74 bits per heavy atom. The summed E-state index contributed by atoms with van der Waals surface area (Å²) in [7, 11) is 1.38. The van der Waals surface area contributed by atoms with E-state index in [-0.39, 0.29) is 23.1 Å². The number of nitro benzene ring substituents is 1. The summed E-state index contributed by atoms with van der Waals surface area (Å²) in [6.07, 6.45) is 0.800. The molecule has 0 bridgehead atoms. The number of hydrogen-bond donors (Lipinski definition) is 1. The zero-order chi connectivity index (χ0) is 16.4. The molecule has 0 unspecified atom stereocenters. The maximum atomic E-state index is 11.4. The molecule has 0 radical (unpaired) electrons. The van der Waals surface area contributed by atoms with E-state index < -0.39 is 0 Å². The Morgan fingerprint density at radius 1 is 1.35 bits per heavy atom. The van der Waals surface area contributed by atoms with Crippen LogP contribution in [0.1, 0.15) is 5.56 Å². The highest BCUT2D eigenvalue weighted by molar-refractivity contribution is 5.78. The van der Waals surface area contributed by atoms with Gasteiger partial charge in [0.25, 0.3) is 5.69 Å². The lowest BCUT2D eigenvalue weighted by Gasteiger charge is -2.36. The van der Waals surface area contributed by atoms with E-state index in [9.17, 15) is 14.9 Å². The summed E-state index contributed by atoms with van der Waals surface area (Å²) in [5, 5.41) is 14.7. The van der Waals surface area contributed by atoms with Crippen molar-refractivity contribution in [1.29, 1.82) is 0 Å². The molecule has 23 heavy (non-hydrogen) atoms. The minimum absolute atomic E-state index is 0.161. The Balaban J connectivity index is 1.79. The minimum atomic E-state index is -0.311. The van der Waals surface area contributed by atoms with Gasteiger partial charge >= 0.3 is 5.97 Å². The average molecular weight is 320 g/mol. The second-order valence-electron chi connectivity index (χ2n) is 5.73. The molecule has 1 saturated heterocycles. The van der Waals surface area contributed by atoms with E-state index in [0.717, 1.165) is 29.9 Å². The third-order valence-electron chi connectivity index (χ3n) is 4.42. The van der Waals surface area contributed by atoms with Crippen LogP contribution in [0.25, 0.3) is 0 Å². The Bertz CT molecular complexity index is 626. The largest absolute Gasteiger partial charge is 0.468 e. The number of carbonyl (C=O) groups excluding carboxylic acids is 1. The van der Waals surface area contributed by atoms with E-state index in [0.29, 0.717) is 26.2 Å². The number of anilines is 2. The van der Waals surface area contributed by atoms with Crippen LogP contribution in [0.2, 0.25) is 0 Å². The zero-order valence-electron chi connectivity index (χ0n) is 13.1. The van der Waals surface area contributed by atoms with Crippen molar-refractivity contribution in [3.05, 3.63) is 27.8 Å². The van der Waals surface area contributed by atoms with Crippen LogP contribution in [-0.4, -0.2) is 62.2 Å². The monoisotopic (exact) mass is 320 g/mol. The molecule has 0 aromatic heterocycles. The van der Waals surface area contributed by atoms with Gasteiger partial charge < -0.3 is 15.0 Å². The normalized spacial score (nSPS) is 17.5. The number of piperazine rings is 1. The van der Waals surface area contributed by atoms with Crippen molar-refractivity contribution in [3.63, 3.8) is 0 Å².